The second kappa shape index (κ2) is 4.28. The quantitative estimate of drug-likeness (QED) is 0.699. The number of benzene rings is 1. The molecular formula is C10H11ClO2. The molecule has 1 aromatic carbocycles. The van der Waals surface area contributed by atoms with E-state index in [0.29, 0.717) is 16.3 Å². The van der Waals surface area contributed by atoms with E-state index in [4.69, 9.17) is 16.3 Å². The summed E-state index contributed by atoms with van der Waals surface area (Å²) in [6, 6.07) is 3.43. The monoisotopic (exact) mass is 198 g/mol. The summed E-state index contributed by atoms with van der Waals surface area (Å²) >= 11 is 5.92. The third-order valence-corrected chi connectivity index (χ3v) is 2.26. The predicted molar refractivity (Wildman–Crippen MR) is 52.8 cm³/mol. The molecule has 3 heteroatoms. The lowest BCUT2D eigenvalue weighted by molar-refractivity contribution is 0.112. The summed E-state index contributed by atoms with van der Waals surface area (Å²) in [6.07, 6.45) is 1.57. The number of carbonyl (C=O) groups is 1. The smallest absolute Gasteiger partial charge is 0.153 e. The molecule has 0 saturated heterocycles. The molecule has 0 aliphatic heterocycles. The van der Waals surface area contributed by atoms with E-state index in [1.807, 2.05) is 6.92 Å². The SMILES string of the molecule is CCc1cc(OC)c(C=O)cc1Cl. The molecule has 0 radical (unpaired) electrons. The van der Waals surface area contributed by atoms with Crippen molar-refractivity contribution in [2.45, 2.75) is 13.3 Å². The number of aldehydes is 1. The van der Waals surface area contributed by atoms with Gasteiger partial charge in [0.25, 0.3) is 0 Å². The summed E-state index contributed by atoms with van der Waals surface area (Å²) in [5.74, 6) is 0.580. The van der Waals surface area contributed by atoms with Crippen LogP contribution in [0, 0.1) is 0 Å². The Morgan fingerprint density at radius 2 is 2.23 bits per heavy atom. The van der Waals surface area contributed by atoms with Gasteiger partial charge in [-0.25, -0.2) is 0 Å². The van der Waals surface area contributed by atoms with Gasteiger partial charge in [0.15, 0.2) is 6.29 Å². The van der Waals surface area contributed by atoms with Crippen molar-refractivity contribution in [3.63, 3.8) is 0 Å². The maximum atomic E-state index is 10.6. The minimum absolute atomic E-state index is 0.490. The Morgan fingerprint density at radius 3 is 2.69 bits per heavy atom. The van der Waals surface area contributed by atoms with Gasteiger partial charge in [0.1, 0.15) is 5.75 Å². The molecule has 2 nitrogen and oxygen atoms in total. The maximum absolute atomic E-state index is 10.6. The van der Waals surface area contributed by atoms with Crippen LogP contribution in [0.1, 0.15) is 22.8 Å². The standard InChI is InChI=1S/C10H11ClO2/c1-3-7-5-10(13-2)8(6-12)4-9(7)11/h4-6H,3H2,1-2H3. The van der Waals surface area contributed by atoms with Gasteiger partial charge in [-0.05, 0) is 24.1 Å². The Labute approximate surface area is 82.5 Å². The highest BCUT2D eigenvalue weighted by Crippen LogP contribution is 2.26. The molecule has 0 unspecified atom stereocenters. The van der Waals surface area contributed by atoms with Crippen molar-refractivity contribution < 1.29 is 9.53 Å². The average Bonchev–Trinajstić information content (AvgIpc) is 2.17. The highest BCUT2D eigenvalue weighted by molar-refractivity contribution is 6.31. The first-order chi connectivity index (χ1) is 6.22. The van der Waals surface area contributed by atoms with Gasteiger partial charge in [0.2, 0.25) is 0 Å². The van der Waals surface area contributed by atoms with E-state index in [-0.39, 0.29) is 0 Å². The summed E-state index contributed by atoms with van der Waals surface area (Å²) in [6.45, 7) is 2.00. The molecule has 0 spiro atoms. The Hall–Kier alpha value is -1.02. The molecule has 0 fully saturated rings. The average molecular weight is 199 g/mol. The Bertz CT molecular complexity index is 321. The first-order valence-corrected chi connectivity index (χ1v) is 4.42. The van der Waals surface area contributed by atoms with E-state index in [0.717, 1.165) is 18.3 Å². The fourth-order valence-electron chi connectivity index (χ4n) is 1.15. The summed E-state index contributed by atoms with van der Waals surface area (Å²) in [7, 11) is 1.54. The minimum atomic E-state index is 0.490. The molecule has 0 aromatic heterocycles. The molecular weight excluding hydrogens is 188 g/mol. The lowest BCUT2D eigenvalue weighted by atomic mass is 10.1. The molecule has 0 amide bonds. The van der Waals surface area contributed by atoms with Gasteiger partial charge in [-0.15, -0.1) is 0 Å². The summed E-state index contributed by atoms with van der Waals surface area (Å²) in [4.78, 5) is 10.6. The van der Waals surface area contributed by atoms with Crippen LogP contribution in [0.15, 0.2) is 12.1 Å². The van der Waals surface area contributed by atoms with E-state index in [9.17, 15) is 4.79 Å². The van der Waals surface area contributed by atoms with Crippen LogP contribution < -0.4 is 4.74 Å². The lowest BCUT2D eigenvalue weighted by Crippen LogP contribution is -1.93. The van der Waals surface area contributed by atoms with Crippen molar-refractivity contribution in [3.05, 3.63) is 28.3 Å². The minimum Gasteiger partial charge on any atom is -0.496 e. The van der Waals surface area contributed by atoms with Gasteiger partial charge < -0.3 is 4.74 Å². The van der Waals surface area contributed by atoms with Crippen molar-refractivity contribution in [1.82, 2.24) is 0 Å². The molecule has 0 saturated carbocycles. The van der Waals surface area contributed by atoms with Crippen molar-refractivity contribution in [1.29, 1.82) is 0 Å². The zero-order valence-corrected chi connectivity index (χ0v) is 8.39. The largest absolute Gasteiger partial charge is 0.496 e. The van der Waals surface area contributed by atoms with Gasteiger partial charge in [-0.2, -0.15) is 0 Å². The van der Waals surface area contributed by atoms with E-state index in [1.54, 1.807) is 12.1 Å². The number of methoxy groups -OCH3 is 1. The van der Waals surface area contributed by atoms with Crippen molar-refractivity contribution >= 4 is 17.9 Å². The summed E-state index contributed by atoms with van der Waals surface area (Å²) < 4.78 is 5.04. The Morgan fingerprint density at radius 1 is 1.54 bits per heavy atom. The van der Waals surface area contributed by atoms with Crippen LogP contribution in [0.3, 0.4) is 0 Å². The highest BCUT2D eigenvalue weighted by atomic mass is 35.5. The normalized spacial score (nSPS) is 9.77. The number of halogens is 1. The molecule has 0 N–H and O–H groups in total. The van der Waals surface area contributed by atoms with E-state index in [1.165, 1.54) is 7.11 Å². The number of aryl methyl sites for hydroxylation is 1. The van der Waals surface area contributed by atoms with Gasteiger partial charge in [0.05, 0.1) is 12.7 Å². The van der Waals surface area contributed by atoms with E-state index < -0.39 is 0 Å². The molecule has 0 aliphatic carbocycles. The summed E-state index contributed by atoms with van der Waals surface area (Å²) in [5, 5.41) is 0.616. The summed E-state index contributed by atoms with van der Waals surface area (Å²) in [5.41, 5.74) is 1.48. The predicted octanol–water partition coefficient (Wildman–Crippen LogP) is 2.72. The van der Waals surface area contributed by atoms with Crippen LogP contribution in [-0.2, 0) is 6.42 Å². The van der Waals surface area contributed by atoms with Crippen LogP contribution in [-0.4, -0.2) is 13.4 Å². The number of rotatable bonds is 3. The van der Waals surface area contributed by atoms with Crippen molar-refractivity contribution in [2.24, 2.45) is 0 Å². The molecule has 1 aromatic rings. The molecule has 70 valence electrons. The molecule has 0 heterocycles. The maximum Gasteiger partial charge on any atom is 0.153 e. The molecule has 0 bridgehead atoms. The van der Waals surface area contributed by atoms with Gasteiger partial charge in [-0.1, -0.05) is 18.5 Å². The number of hydrogen-bond donors (Lipinski definition) is 0. The van der Waals surface area contributed by atoms with Crippen LogP contribution >= 0.6 is 11.6 Å². The lowest BCUT2D eigenvalue weighted by Gasteiger charge is -2.07. The molecule has 1 rings (SSSR count). The van der Waals surface area contributed by atoms with Gasteiger partial charge in [-0.3, -0.25) is 4.79 Å². The van der Waals surface area contributed by atoms with Gasteiger partial charge in [0, 0.05) is 5.02 Å². The van der Waals surface area contributed by atoms with E-state index in [2.05, 4.69) is 0 Å². The second-order valence-electron chi connectivity index (χ2n) is 2.66. The first-order valence-electron chi connectivity index (χ1n) is 4.04. The topological polar surface area (TPSA) is 26.3 Å². The Balaban J connectivity index is 3.26. The van der Waals surface area contributed by atoms with Crippen molar-refractivity contribution in [3.8, 4) is 5.75 Å². The van der Waals surface area contributed by atoms with Crippen LogP contribution in [0.5, 0.6) is 5.75 Å². The van der Waals surface area contributed by atoms with Crippen molar-refractivity contribution in [2.75, 3.05) is 7.11 Å². The Kier molecular flexibility index (Phi) is 3.32. The third-order valence-electron chi connectivity index (χ3n) is 1.91. The van der Waals surface area contributed by atoms with Crippen LogP contribution in [0.25, 0.3) is 0 Å². The second-order valence-corrected chi connectivity index (χ2v) is 3.06. The van der Waals surface area contributed by atoms with Crippen LogP contribution in [0.2, 0.25) is 5.02 Å². The zero-order chi connectivity index (χ0) is 9.84. The molecule has 0 atom stereocenters. The zero-order valence-electron chi connectivity index (χ0n) is 7.63. The van der Waals surface area contributed by atoms with Crippen LogP contribution in [0.4, 0.5) is 0 Å². The highest BCUT2D eigenvalue weighted by Gasteiger charge is 2.06. The van der Waals surface area contributed by atoms with E-state index >= 15 is 0 Å². The van der Waals surface area contributed by atoms with Gasteiger partial charge >= 0.3 is 0 Å². The third kappa shape index (κ3) is 2.01. The first kappa shape index (κ1) is 10.1. The molecule has 13 heavy (non-hydrogen) atoms. The number of carbonyl (C=O) groups excluding carboxylic acids is 1. The number of hydrogen-bond acceptors (Lipinski definition) is 2. The number of ether oxygens (including phenoxy) is 1. The molecule has 0 aliphatic rings. The fraction of sp³-hybridized carbons (Fsp3) is 0.300. The fourth-order valence-corrected chi connectivity index (χ4v) is 1.46.